The first kappa shape index (κ1) is 13.1. The van der Waals surface area contributed by atoms with Gasteiger partial charge in [0.05, 0.1) is 11.7 Å². The monoisotopic (exact) mass is 241 g/mol. The predicted molar refractivity (Wildman–Crippen MR) is 67.6 cm³/mol. The molecular formula is C11H19N3OS. The molecule has 4 nitrogen and oxygen atoms in total. The summed E-state index contributed by atoms with van der Waals surface area (Å²) in [7, 11) is 0. The van der Waals surface area contributed by atoms with Crippen LogP contribution >= 0.6 is 11.3 Å². The highest BCUT2D eigenvalue weighted by Crippen LogP contribution is 2.21. The maximum atomic E-state index is 11.7. The molecule has 16 heavy (non-hydrogen) atoms. The van der Waals surface area contributed by atoms with Gasteiger partial charge in [-0.1, -0.05) is 27.7 Å². The van der Waals surface area contributed by atoms with Crippen LogP contribution in [0, 0.1) is 5.92 Å². The molecule has 1 aromatic rings. The fourth-order valence-electron chi connectivity index (χ4n) is 1.10. The summed E-state index contributed by atoms with van der Waals surface area (Å²) in [5, 5.41) is 5.33. The molecule has 90 valence electrons. The molecule has 1 heterocycles. The van der Waals surface area contributed by atoms with Crippen LogP contribution < -0.4 is 11.1 Å². The van der Waals surface area contributed by atoms with Crippen molar-refractivity contribution in [3.05, 3.63) is 11.1 Å². The van der Waals surface area contributed by atoms with Gasteiger partial charge in [-0.3, -0.25) is 4.79 Å². The van der Waals surface area contributed by atoms with Crippen LogP contribution in [-0.4, -0.2) is 16.9 Å². The van der Waals surface area contributed by atoms with Crippen molar-refractivity contribution in [3.63, 3.8) is 0 Å². The van der Waals surface area contributed by atoms with Gasteiger partial charge in [-0.05, 0) is 11.8 Å². The largest absolute Gasteiger partial charge is 0.320 e. The number of nitrogens with zero attached hydrogens (tertiary/aromatic N) is 1. The molecule has 0 saturated carbocycles. The van der Waals surface area contributed by atoms with Crippen molar-refractivity contribution in [2.24, 2.45) is 11.7 Å². The van der Waals surface area contributed by atoms with Crippen LogP contribution in [0.4, 0.5) is 5.13 Å². The van der Waals surface area contributed by atoms with Crippen molar-refractivity contribution in [1.82, 2.24) is 4.98 Å². The third-order valence-electron chi connectivity index (χ3n) is 2.36. The summed E-state index contributed by atoms with van der Waals surface area (Å²) in [5.41, 5.74) is 6.74. The van der Waals surface area contributed by atoms with Crippen LogP contribution in [0.5, 0.6) is 0 Å². The number of amides is 1. The van der Waals surface area contributed by atoms with Crippen LogP contribution in [0.3, 0.4) is 0 Å². The molecule has 0 saturated heterocycles. The Bertz CT molecular complexity index is 360. The molecular weight excluding hydrogens is 222 g/mol. The van der Waals surface area contributed by atoms with E-state index in [4.69, 9.17) is 5.73 Å². The predicted octanol–water partition coefficient (Wildman–Crippen LogP) is 2.19. The van der Waals surface area contributed by atoms with Crippen LogP contribution in [0.25, 0.3) is 0 Å². The highest BCUT2D eigenvalue weighted by Gasteiger charge is 2.18. The summed E-state index contributed by atoms with van der Waals surface area (Å²) in [6.07, 6.45) is 0. The van der Waals surface area contributed by atoms with E-state index in [-0.39, 0.29) is 11.8 Å². The van der Waals surface area contributed by atoms with E-state index >= 15 is 0 Å². The number of aromatic nitrogens is 1. The Labute approximate surface area is 100 Å². The number of nitrogens with one attached hydrogen (secondary N) is 1. The summed E-state index contributed by atoms with van der Waals surface area (Å²) < 4.78 is 0. The second kappa shape index (κ2) is 5.41. The van der Waals surface area contributed by atoms with E-state index in [0.717, 1.165) is 5.69 Å². The lowest BCUT2D eigenvalue weighted by molar-refractivity contribution is -0.118. The lowest BCUT2D eigenvalue weighted by Gasteiger charge is -2.13. The standard InChI is InChI=1S/C11H19N3OS/c1-6(2)8-5-16-11(13-8)14-10(15)9(12)7(3)4/h5-7,9H,12H2,1-4H3,(H,13,14,15)/t9-/m0/s1. The zero-order chi connectivity index (χ0) is 12.3. The Morgan fingerprint density at radius 3 is 2.50 bits per heavy atom. The first-order chi connectivity index (χ1) is 7.41. The molecule has 0 radical (unpaired) electrons. The Kier molecular flexibility index (Phi) is 4.44. The minimum absolute atomic E-state index is 0.129. The van der Waals surface area contributed by atoms with Gasteiger partial charge in [-0.15, -0.1) is 11.3 Å². The number of rotatable bonds is 4. The quantitative estimate of drug-likeness (QED) is 0.849. The number of anilines is 1. The minimum atomic E-state index is -0.480. The second-order valence-electron chi connectivity index (χ2n) is 4.49. The van der Waals surface area contributed by atoms with Crippen LogP contribution in [0.15, 0.2) is 5.38 Å². The van der Waals surface area contributed by atoms with Crippen LogP contribution in [-0.2, 0) is 4.79 Å². The summed E-state index contributed by atoms with van der Waals surface area (Å²) >= 11 is 1.44. The summed E-state index contributed by atoms with van der Waals surface area (Å²) in [6, 6.07) is -0.480. The minimum Gasteiger partial charge on any atom is -0.320 e. The molecule has 0 bridgehead atoms. The van der Waals surface area contributed by atoms with Gasteiger partial charge >= 0.3 is 0 Å². The van der Waals surface area contributed by atoms with Crippen LogP contribution in [0.1, 0.15) is 39.3 Å². The molecule has 0 unspecified atom stereocenters. The molecule has 5 heteroatoms. The van der Waals surface area contributed by atoms with Crippen LogP contribution in [0.2, 0.25) is 0 Å². The highest BCUT2D eigenvalue weighted by molar-refractivity contribution is 7.13. The van der Waals surface area contributed by atoms with E-state index in [9.17, 15) is 4.79 Å². The molecule has 0 aromatic carbocycles. The fourth-order valence-corrected chi connectivity index (χ4v) is 1.98. The van der Waals surface area contributed by atoms with Gasteiger partial charge in [0.25, 0.3) is 0 Å². The summed E-state index contributed by atoms with van der Waals surface area (Å²) in [5.74, 6) is 0.338. The SMILES string of the molecule is CC(C)c1csc(NC(=O)[C@@H](N)C(C)C)n1. The van der Waals surface area contributed by atoms with Gasteiger partial charge < -0.3 is 11.1 Å². The van der Waals surface area contributed by atoms with Gasteiger partial charge in [0, 0.05) is 5.38 Å². The number of carbonyl (C=O) groups excluding carboxylic acids is 1. The molecule has 1 amide bonds. The third kappa shape index (κ3) is 3.28. The van der Waals surface area contributed by atoms with E-state index in [2.05, 4.69) is 24.1 Å². The van der Waals surface area contributed by atoms with Gasteiger partial charge in [0.15, 0.2) is 5.13 Å². The van der Waals surface area contributed by atoms with Gasteiger partial charge in [0.1, 0.15) is 0 Å². The molecule has 1 aromatic heterocycles. The van der Waals surface area contributed by atoms with Crippen molar-refractivity contribution in [2.75, 3.05) is 5.32 Å². The zero-order valence-corrected chi connectivity index (χ0v) is 11.0. The van der Waals surface area contributed by atoms with Gasteiger partial charge in [0.2, 0.25) is 5.91 Å². The molecule has 0 fully saturated rings. The number of nitrogens with two attached hydrogens (primary N) is 1. The third-order valence-corrected chi connectivity index (χ3v) is 3.14. The zero-order valence-electron chi connectivity index (χ0n) is 10.2. The van der Waals surface area contributed by atoms with E-state index in [1.165, 1.54) is 11.3 Å². The number of carbonyl (C=O) groups is 1. The Hall–Kier alpha value is -0.940. The van der Waals surface area contributed by atoms with E-state index < -0.39 is 6.04 Å². The average molecular weight is 241 g/mol. The lowest BCUT2D eigenvalue weighted by atomic mass is 10.1. The highest BCUT2D eigenvalue weighted by atomic mass is 32.1. The smallest absolute Gasteiger partial charge is 0.243 e. The van der Waals surface area contributed by atoms with E-state index in [1.54, 1.807) is 0 Å². The molecule has 1 rings (SSSR count). The summed E-state index contributed by atoms with van der Waals surface area (Å²) in [6.45, 7) is 7.98. The molecule has 0 aliphatic rings. The van der Waals surface area contributed by atoms with Crippen molar-refractivity contribution < 1.29 is 4.79 Å². The second-order valence-corrected chi connectivity index (χ2v) is 5.35. The lowest BCUT2D eigenvalue weighted by Crippen LogP contribution is -2.39. The first-order valence-electron chi connectivity index (χ1n) is 5.43. The van der Waals surface area contributed by atoms with E-state index in [1.807, 2.05) is 19.2 Å². The van der Waals surface area contributed by atoms with Gasteiger partial charge in [-0.2, -0.15) is 0 Å². The molecule has 0 aliphatic carbocycles. The maximum Gasteiger partial charge on any atom is 0.243 e. The fraction of sp³-hybridized carbons (Fsp3) is 0.636. The molecule has 0 spiro atoms. The first-order valence-corrected chi connectivity index (χ1v) is 6.31. The maximum absolute atomic E-state index is 11.7. The normalized spacial score (nSPS) is 13.2. The van der Waals surface area contributed by atoms with Crippen molar-refractivity contribution >= 4 is 22.4 Å². The summed E-state index contributed by atoms with van der Waals surface area (Å²) in [4.78, 5) is 16.0. The van der Waals surface area contributed by atoms with Crippen molar-refractivity contribution in [3.8, 4) is 0 Å². The van der Waals surface area contributed by atoms with Crippen molar-refractivity contribution in [2.45, 2.75) is 39.7 Å². The van der Waals surface area contributed by atoms with Crippen molar-refractivity contribution in [1.29, 1.82) is 0 Å². The average Bonchev–Trinajstić information content (AvgIpc) is 2.64. The molecule has 1 atom stereocenters. The Morgan fingerprint density at radius 1 is 1.44 bits per heavy atom. The molecule has 3 N–H and O–H groups in total. The Morgan fingerprint density at radius 2 is 2.06 bits per heavy atom. The Balaban J connectivity index is 2.63. The number of thiazole rings is 1. The van der Waals surface area contributed by atoms with E-state index in [0.29, 0.717) is 11.0 Å². The number of hydrogen-bond donors (Lipinski definition) is 2. The topological polar surface area (TPSA) is 68.0 Å². The van der Waals surface area contributed by atoms with Gasteiger partial charge in [-0.25, -0.2) is 4.98 Å². The number of hydrogen-bond acceptors (Lipinski definition) is 4. The molecule has 0 aliphatic heterocycles.